The number of esters is 1. The highest BCUT2D eigenvalue weighted by atomic mass is 16.5. The maximum atomic E-state index is 12.4. The molecule has 2 aromatic carbocycles. The van der Waals surface area contributed by atoms with E-state index in [0.29, 0.717) is 0 Å². The molecular formula is C23H25NO4. The van der Waals surface area contributed by atoms with Crippen LogP contribution in [0.4, 0.5) is 5.69 Å². The van der Waals surface area contributed by atoms with Crippen molar-refractivity contribution in [1.82, 2.24) is 0 Å². The topological polar surface area (TPSA) is 68.5 Å². The third-order valence-corrected chi connectivity index (χ3v) is 4.93. The average molecular weight is 379 g/mol. The summed E-state index contributed by atoms with van der Waals surface area (Å²) in [6.07, 6.45) is 0.733. The van der Waals surface area contributed by atoms with Crippen LogP contribution < -0.4 is 5.32 Å². The maximum absolute atomic E-state index is 12.4. The van der Waals surface area contributed by atoms with Gasteiger partial charge in [0.1, 0.15) is 5.58 Å². The first-order valence-electron chi connectivity index (χ1n) is 9.29. The van der Waals surface area contributed by atoms with Crippen LogP contribution in [-0.2, 0) is 20.7 Å². The Morgan fingerprint density at radius 1 is 1.04 bits per heavy atom. The Bertz CT molecular complexity index is 1050. The predicted octanol–water partition coefficient (Wildman–Crippen LogP) is 4.78. The normalized spacial score (nSPS) is 12.0. The van der Waals surface area contributed by atoms with Gasteiger partial charge in [-0.3, -0.25) is 9.59 Å². The zero-order valence-corrected chi connectivity index (χ0v) is 16.9. The van der Waals surface area contributed by atoms with E-state index in [1.54, 1.807) is 13.2 Å². The van der Waals surface area contributed by atoms with Crippen molar-refractivity contribution < 1.29 is 18.7 Å². The number of benzene rings is 2. The zero-order chi connectivity index (χ0) is 20.4. The van der Waals surface area contributed by atoms with Crippen molar-refractivity contribution in [3.05, 3.63) is 64.4 Å². The van der Waals surface area contributed by atoms with Gasteiger partial charge in [-0.15, -0.1) is 0 Å². The van der Waals surface area contributed by atoms with Gasteiger partial charge in [-0.2, -0.15) is 0 Å². The number of hydrogen-bond acceptors (Lipinski definition) is 4. The molecule has 3 rings (SSSR count). The molecule has 0 aliphatic carbocycles. The van der Waals surface area contributed by atoms with E-state index in [1.165, 1.54) is 0 Å². The van der Waals surface area contributed by atoms with Gasteiger partial charge in [0.15, 0.2) is 6.10 Å². The Morgan fingerprint density at radius 2 is 1.75 bits per heavy atom. The fourth-order valence-electron chi connectivity index (χ4n) is 3.03. The van der Waals surface area contributed by atoms with Crippen molar-refractivity contribution in [2.45, 2.75) is 47.1 Å². The number of hydrogen-bond donors (Lipinski definition) is 1. The van der Waals surface area contributed by atoms with E-state index < -0.39 is 12.1 Å². The summed E-state index contributed by atoms with van der Waals surface area (Å²) in [6, 6.07) is 9.78. The van der Waals surface area contributed by atoms with Gasteiger partial charge in [-0.25, -0.2) is 0 Å². The van der Waals surface area contributed by atoms with Crippen LogP contribution in [0, 0.1) is 27.7 Å². The summed E-state index contributed by atoms with van der Waals surface area (Å²) in [5, 5.41) is 3.72. The van der Waals surface area contributed by atoms with Crippen LogP contribution in [0.15, 0.2) is 41.0 Å². The van der Waals surface area contributed by atoms with Crippen LogP contribution >= 0.6 is 0 Å². The molecule has 1 atom stereocenters. The molecular weight excluding hydrogens is 354 g/mol. The van der Waals surface area contributed by atoms with E-state index in [4.69, 9.17) is 9.15 Å². The van der Waals surface area contributed by atoms with Gasteiger partial charge in [-0.05, 0) is 75.1 Å². The molecule has 5 nitrogen and oxygen atoms in total. The summed E-state index contributed by atoms with van der Waals surface area (Å²) < 4.78 is 10.9. The van der Waals surface area contributed by atoms with E-state index in [1.807, 2.05) is 58.0 Å². The van der Waals surface area contributed by atoms with Crippen LogP contribution in [0.5, 0.6) is 0 Å². The van der Waals surface area contributed by atoms with E-state index >= 15 is 0 Å². The lowest BCUT2D eigenvalue weighted by Gasteiger charge is -2.15. The smallest absolute Gasteiger partial charge is 0.311 e. The van der Waals surface area contributed by atoms with Crippen LogP contribution in [0.25, 0.3) is 11.0 Å². The van der Waals surface area contributed by atoms with E-state index in [9.17, 15) is 9.59 Å². The van der Waals surface area contributed by atoms with Crippen molar-refractivity contribution in [2.24, 2.45) is 0 Å². The number of rotatable bonds is 5. The molecule has 1 N–H and O–H groups in total. The minimum Gasteiger partial charge on any atom is -0.464 e. The highest BCUT2D eigenvalue weighted by molar-refractivity contribution is 5.96. The molecule has 1 heterocycles. The van der Waals surface area contributed by atoms with Crippen LogP contribution in [0.2, 0.25) is 0 Å². The Kier molecular flexibility index (Phi) is 5.54. The zero-order valence-electron chi connectivity index (χ0n) is 16.9. The second-order valence-corrected chi connectivity index (χ2v) is 7.31. The lowest BCUT2D eigenvalue weighted by atomic mass is 10.0. The van der Waals surface area contributed by atoms with Crippen molar-refractivity contribution in [2.75, 3.05) is 5.32 Å². The molecule has 1 amide bonds. The van der Waals surface area contributed by atoms with Crippen molar-refractivity contribution in [1.29, 1.82) is 0 Å². The van der Waals surface area contributed by atoms with Gasteiger partial charge in [-0.1, -0.05) is 12.1 Å². The number of furan rings is 1. The van der Waals surface area contributed by atoms with Gasteiger partial charge in [0.25, 0.3) is 5.91 Å². The molecule has 0 aliphatic rings. The molecule has 0 bridgehead atoms. The standard InChI is InChI=1S/C23H25NO4/c1-13-6-7-14(2)20(8-13)24-23(26)17(5)28-22(25)11-18-12-27-21-10-16(4)15(3)9-19(18)21/h6-10,12,17H,11H2,1-5H3,(H,24,26). The molecule has 0 radical (unpaired) electrons. The lowest BCUT2D eigenvalue weighted by molar-refractivity contribution is -0.152. The van der Waals surface area contributed by atoms with Gasteiger partial charge >= 0.3 is 5.97 Å². The number of ether oxygens (including phenoxy) is 1. The molecule has 1 unspecified atom stereocenters. The van der Waals surface area contributed by atoms with Crippen LogP contribution in [-0.4, -0.2) is 18.0 Å². The maximum Gasteiger partial charge on any atom is 0.311 e. The Hall–Kier alpha value is -3.08. The monoisotopic (exact) mass is 379 g/mol. The predicted molar refractivity (Wildman–Crippen MR) is 109 cm³/mol. The Morgan fingerprint density at radius 3 is 2.50 bits per heavy atom. The lowest BCUT2D eigenvalue weighted by Crippen LogP contribution is -2.30. The Labute approximate surface area is 164 Å². The molecule has 0 fully saturated rings. The summed E-state index contributed by atoms with van der Waals surface area (Å²) in [6.45, 7) is 9.47. The molecule has 28 heavy (non-hydrogen) atoms. The second kappa shape index (κ2) is 7.89. The minimum absolute atomic E-state index is 0.0522. The quantitative estimate of drug-likeness (QED) is 0.648. The average Bonchev–Trinajstić information content (AvgIpc) is 3.00. The fourth-order valence-corrected chi connectivity index (χ4v) is 3.03. The molecule has 0 spiro atoms. The van der Waals surface area contributed by atoms with E-state index in [0.717, 1.165) is 44.5 Å². The highest BCUT2D eigenvalue weighted by Gasteiger charge is 2.20. The summed E-state index contributed by atoms with van der Waals surface area (Å²) in [4.78, 5) is 24.8. The van der Waals surface area contributed by atoms with Crippen LogP contribution in [0.1, 0.15) is 34.7 Å². The molecule has 0 saturated heterocycles. The number of amides is 1. The molecule has 0 aliphatic heterocycles. The number of carbonyl (C=O) groups is 2. The summed E-state index contributed by atoms with van der Waals surface area (Å²) >= 11 is 0. The molecule has 1 aromatic heterocycles. The van der Waals surface area contributed by atoms with Crippen LogP contribution in [0.3, 0.4) is 0 Å². The SMILES string of the molecule is Cc1ccc(C)c(NC(=O)C(C)OC(=O)Cc2coc3cc(C)c(C)cc23)c1. The fraction of sp³-hybridized carbons (Fsp3) is 0.304. The van der Waals surface area contributed by atoms with Crippen molar-refractivity contribution in [3.8, 4) is 0 Å². The molecule has 146 valence electrons. The molecule has 0 saturated carbocycles. The van der Waals surface area contributed by atoms with E-state index in [2.05, 4.69) is 5.32 Å². The second-order valence-electron chi connectivity index (χ2n) is 7.31. The van der Waals surface area contributed by atoms with E-state index in [-0.39, 0.29) is 12.3 Å². The van der Waals surface area contributed by atoms with Gasteiger partial charge in [0.2, 0.25) is 0 Å². The third-order valence-electron chi connectivity index (χ3n) is 4.93. The van der Waals surface area contributed by atoms with Gasteiger partial charge in [0.05, 0.1) is 12.7 Å². The first-order valence-corrected chi connectivity index (χ1v) is 9.29. The number of aryl methyl sites for hydroxylation is 4. The third kappa shape index (κ3) is 4.25. The van der Waals surface area contributed by atoms with Crippen molar-refractivity contribution >= 4 is 28.5 Å². The largest absolute Gasteiger partial charge is 0.464 e. The summed E-state index contributed by atoms with van der Waals surface area (Å²) in [7, 11) is 0. The highest BCUT2D eigenvalue weighted by Crippen LogP contribution is 2.25. The minimum atomic E-state index is -0.894. The first kappa shape index (κ1) is 19.7. The first-order chi connectivity index (χ1) is 13.2. The van der Waals surface area contributed by atoms with Crippen molar-refractivity contribution in [3.63, 3.8) is 0 Å². The molecule has 3 aromatic rings. The van der Waals surface area contributed by atoms with Gasteiger partial charge in [0, 0.05) is 16.6 Å². The number of fused-ring (bicyclic) bond motifs is 1. The van der Waals surface area contributed by atoms with Gasteiger partial charge < -0.3 is 14.5 Å². The number of nitrogens with one attached hydrogen (secondary N) is 1. The summed E-state index contributed by atoms with van der Waals surface area (Å²) in [5.74, 6) is -0.824. The number of carbonyl (C=O) groups excluding carboxylic acids is 2. The summed E-state index contributed by atoms with van der Waals surface area (Å²) in [5.41, 5.74) is 6.48. The Balaban J connectivity index is 1.65. The molecule has 5 heteroatoms. The number of anilines is 1.